The summed E-state index contributed by atoms with van der Waals surface area (Å²) in [6, 6.07) is 8.88. The first-order valence-corrected chi connectivity index (χ1v) is 11.5. The summed E-state index contributed by atoms with van der Waals surface area (Å²) in [6.45, 7) is 6.42. The van der Waals surface area contributed by atoms with Gasteiger partial charge in [0.25, 0.3) is 0 Å². The number of nitrogens with zero attached hydrogens (tertiary/aromatic N) is 1. The van der Waals surface area contributed by atoms with Crippen LogP contribution in [-0.2, 0) is 27.7 Å². The van der Waals surface area contributed by atoms with Gasteiger partial charge in [0.15, 0.2) is 0 Å². The Balaban J connectivity index is 1.26. The Hall–Kier alpha value is -0.950. The van der Waals surface area contributed by atoms with Gasteiger partial charge >= 0.3 is 0 Å². The van der Waals surface area contributed by atoms with Crippen molar-refractivity contribution >= 4 is 10.0 Å². The molecule has 1 spiro atoms. The van der Waals surface area contributed by atoms with Crippen LogP contribution in [-0.4, -0.2) is 50.4 Å². The first-order valence-electron chi connectivity index (χ1n) is 9.93. The van der Waals surface area contributed by atoms with Crippen molar-refractivity contribution in [2.75, 3.05) is 26.2 Å². The van der Waals surface area contributed by atoms with Gasteiger partial charge in [-0.1, -0.05) is 31.2 Å². The zero-order valence-corrected chi connectivity index (χ0v) is 16.4. The van der Waals surface area contributed by atoms with E-state index in [9.17, 15) is 8.42 Å². The summed E-state index contributed by atoms with van der Waals surface area (Å²) in [4.78, 5) is 2.44. The molecule has 5 nitrogen and oxygen atoms in total. The van der Waals surface area contributed by atoms with E-state index in [0.29, 0.717) is 12.5 Å². The summed E-state index contributed by atoms with van der Waals surface area (Å²) < 4.78 is 32.8. The van der Waals surface area contributed by atoms with Crippen LogP contribution in [0, 0.1) is 5.92 Å². The van der Waals surface area contributed by atoms with Crippen LogP contribution in [0.25, 0.3) is 0 Å². The van der Waals surface area contributed by atoms with Crippen molar-refractivity contribution in [2.24, 2.45) is 5.92 Å². The third kappa shape index (κ3) is 3.84. The maximum atomic E-state index is 12.0. The Kier molecular flexibility index (Phi) is 5.12. The van der Waals surface area contributed by atoms with E-state index in [1.54, 1.807) is 0 Å². The number of aryl methyl sites for hydroxylation is 1. The lowest BCUT2D eigenvalue weighted by Crippen LogP contribution is -2.64. The van der Waals surface area contributed by atoms with Gasteiger partial charge in [-0.2, -0.15) is 0 Å². The van der Waals surface area contributed by atoms with E-state index in [-0.39, 0.29) is 10.9 Å². The van der Waals surface area contributed by atoms with Crippen LogP contribution in [0.4, 0.5) is 0 Å². The molecular formula is C20H30N2O3S. The Labute approximate surface area is 157 Å². The molecule has 3 fully saturated rings. The Morgan fingerprint density at radius 1 is 1.15 bits per heavy atom. The van der Waals surface area contributed by atoms with E-state index >= 15 is 0 Å². The van der Waals surface area contributed by atoms with E-state index < -0.39 is 10.0 Å². The van der Waals surface area contributed by atoms with Crippen molar-refractivity contribution in [3.05, 3.63) is 35.4 Å². The number of rotatable bonds is 8. The van der Waals surface area contributed by atoms with Crippen LogP contribution in [0.2, 0.25) is 0 Å². The average molecular weight is 379 g/mol. The molecule has 3 aliphatic rings. The van der Waals surface area contributed by atoms with Gasteiger partial charge in [-0.3, -0.25) is 4.90 Å². The Morgan fingerprint density at radius 3 is 2.50 bits per heavy atom. The summed E-state index contributed by atoms with van der Waals surface area (Å²) >= 11 is 0. The SMILES string of the molecule is CCc1ccc(CN2CC3(C2)OCCC3CCNS(=O)(=O)C2CC2)cc1. The van der Waals surface area contributed by atoms with Gasteiger partial charge in [0, 0.05) is 32.8 Å². The summed E-state index contributed by atoms with van der Waals surface area (Å²) in [5, 5.41) is -0.130. The third-order valence-corrected chi connectivity index (χ3v) is 8.13. The maximum Gasteiger partial charge on any atom is 0.214 e. The zero-order chi connectivity index (χ0) is 18.2. The lowest BCUT2D eigenvalue weighted by molar-refractivity contribution is -0.136. The largest absolute Gasteiger partial charge is 0.372 e. The van der Waals surface area contributed by atoms with Crippen molar-refractivity contribution in [2.45, 2.75) is 56.4 Å². The van der Waals surface area contributed by atoms with E-state index in [1.165, 1.54) is 11.1 Å². The molecule has 0 radical (unpaired) electrons. The second-order valence-corrected chi connectivity index (χ2v) is 10.2. The van der Waals surface area contributed by atoms with Gasteiger partial charge in [0.2, 0.25) is 10.0 Å². The number of nitrogens with one attached hydrogen (secondary N) is 1. The van der Waals surface area contributed by atoms with Crippen LogP contribution in [0.1, 0.15) is 43.7 Å². The molecule has 1 unspecified atom stereocenters. The van der Waals surface area contributed by atoms with E-state index in [1.807, 2.05) is 0 Å². The number of hydrogen-bond donors (Lipinski definition) is 1. The minimum atomic E-state index is -3.06. The smallest absolute Gasteiger partial charge is 0.214 e. The van der Waals surface area contributed by atoms with Crippen LogP contribution >= 0.6 is 0 Å². The summed E-state index contributed by atoms with van der Waals surface area (Å²) in [5.74, 6) is 0.461. The predicted octanol–water partition coefficient (Wildman–Crippen LogP) is 2.31. The number of ether oxygens (including phenoxy) is 1. The monoisotopic (exact) mass is 378 g/mol. The van der Waals surface area contributed by atoms with Gasteiger partial charge in [0.1, 0.15) is 0 Å². The molecule has 144 valence electrons. The van der Waals surface area contributed by atoms with Gasteiger partial charge in [-0.15, -0.1) is 0 Å². The minimum Gasteiger partial charge on any atom is -0.372 e. The molecule has 0 amide bonds. The fraction of sp³-hybridized carbons (Fsp3) is 0.700. The van der Waals surface area contributed by atoms with Crippen LogP contribution in [0.3, 0.4) is 0 Å². The average Bonchev–Trinajstić information content (AvgIpc) is 3.38. The molecule has 1 atom stereocenters. The summed E-state index contributed by atoms with van der Waals surface area (Å²) in [5.41, 5.74) is 2.68. The first kappa shape index (κ1) is 18.4. The van der Waals surface area contributed by atoms with Gasteiger partial charge in [0.05, 0.1) is 10.9 Å². The molecule has 4 rings (SSSR count). The third-order valence-electron chi connectivity index (χ3n) is 6.18. The molecule has 1 N–H and O–H groups in total. The van der Waals surface area contributed by atoms with E-state index in [4.69, 9.17) is 4.74 Å². The van der Waals surface area contributed by atoms with Crippen molar-refractivity contribution in [1.82, 2.24) is 9.62 Å². The first-order chi connectivity index (χ1) is 12.5. The lowest BCUT2D eigenvalue weighted by atomic mass is 9.79. The lowest BCUT2D eigenvalue weighted by Gasteiger charge is -2.50. The molecule has 26 heavy (non-hydrogen) atoms. The highest BCUT2D eigenvalue weighted by Crippen LogP contribution is 2.42. The summed E-state index contributed by atoms with van der Waals surface area (Å²) in [7, 11) is -3.06. The fourth-order valence-electron chi connectivity index (χ4n) is 4.37. The molecule has 1 aromatic rings. The molecule has 2 heterocycles. The normalized spacial score (nSPS) is 25.5. The highest BCUT2D eigenvalue weighted by molar-refractivity contribution is 7.90. The molecule has 0 bridgehead atoms. The quantitative estimate of drug-likeness (QED) is 0.754. The number of likely N-dealkylation sites (tertiary alicyclic amines) is 1. The molecule has 2 aliphatic heterocycles. The van der Waals surface area contributed by atoms with Crippen LogP contribution in [0.15, 0.2) is 24.3 Å². The van der Waals surface area contributed by atoms with Crippen molar-refractivity contribution in [1.29, 1.82) is 0 Å². The topological polar surface area (TPSA) is 58.6 Å². The minimum absolute atomic E-state index is 0.0472. The Bertz CT molecular complexity index is 722. The second-order valence-electron chi connectivity index (χ2n) is 8.14. The predicted molar refractivity (Wildman–Crippen MR) is 102 cm³/mol. The summed E-state index contributed by atoms with van der Waals surface area (Å²) in [6.07, 6.45) is 4.64. The molecule has 1 aromatic carbocycles. The number of benzene rings is 1. The molecule has 0 aromatic heterocycles. The van der Waals surface area contributed by atoms with Crippen molar-refractivity contribution in [3.8, 4) is 0 Å². The van der Waals surface area contributed by atoms with E-state index in [2.05, 4.69) is 40.8 Å². The molecule has 1 aliphatic carbocycles. The van der Waals surface area contributed by atoms with Crippen LogP contribution in [0.5, 0.6) is 0 Å². The molecule has 1 saturated carbocycles. The number of sulfonamides is 1. The highest BCUT2D eigenvalue weighted by Gasteiger charge is 2.52. The van der Waals surface area contributed by atoms with Crippen molar-refractivity contribution < 1.29 is 13.2 Å². The molecule has 6 heteroatoms. The molecule has 2 saturated heterocycles. The zero-order valence-electron chi connectivity index (χ0n) is 15.6. The van der Waals surface area contributed by atoms with Crippen molar-refractivity contribution in [3.63, 3.8) is 0 Å². The van der Waals surface area contributed by atoms with Crippen LogP contribution < -0.4 is 4.72 Å². The fourth-order valence-corrected chi connectivity index (χ4v) is 5.77. The maximum absolute atomic E-state index is 12.0. The molecular weight excluding hydrogens is 348 g/mol. The van der Waals surface area contributed by atoms with Gasteiger partial charge < -0.3 is 4.74 Å². The highest BCUT2D eigenvalue weighted by atomic mass is 32.2. The van der Waals surface area contributed by atoms with Gasteiger partial charge in [-0.05, 0) is 49.1 Å². The van der Waals surface area contributed by atoms with E-state index in [0.717, 1.165) is 58.3 Å². The number of hydrogen-bond acceptors (Lipinski definition) is 4. The van der Waals surface area contributed by atoms with Gasteiger partial charge in [-0.25, -0.2) is 13.1 Å². The second kappa shape index (κ2) is 7.23. The Morgan fingerprint density at radius 2 is 1.85 bits per heavy atom. The standard InChI is InChI=1S/C20H30N2O3S/c1-2-16-3-5-17(6-4-16)13-22-14-20(15-22)18(10-12-25-20)9-11-21-26(23,24)19-7-8-19/h3-6,18-19,21H,2,7-15H2,1H3.